The zero-order valence-electron chi connectivity index (χ0n) is 12.5. The summed E-state index contributed by atoms with van der Waals surface area (Å²) in [5, 5.41) is 8.98. The normalized spacial score (nSPS) is 10.6. The van der Waals surface area contributed by atoms with E-state index in [9.17, 15) is 4.79 Å². The zero-order chi connectivity index (χ0) is 15.1. The van der Waals surface area contributed by atoms with Crippen LogP contribution in [0.1, 0.15) is 18.2 Å². The van der Waals surface area contributed by atoms with E-state index in [0.717, 1.165) is 29.4 Å². The minimum absolute atomic E-state index is 0.0219. The van der Waals surface area contributed by atoms with Crippen molar-refractivity contribution in [2.75, 3.05) is 19.6 Å². The molecular formula is C16H21N3OS. The average Bonchev–Trinajstić information content (AvgIpc) is 2.93. The van der Waals surface area contributed by atoms with Crippen LogP contribution < -0.4 is 10.6 Å². The van der Waals surface area contributed by atoms with E-state index in [1.807, 2.05) is 12.3 Å². The summed E-state index contributed by atoms with van der Waals surface area (Å²) in [6.07, 6.45) is 0.342. The third-order valence-corrected chi connectivity index (χ3v) is 4.01. The highest BCUT2D eigenvalue weighted by Gasteiger charge is 2.08. The second-order valence-electron chi connectivity index (χ2n) is 4.89. The van der Waals surface area contributed by atoms with Crippen molar-refractivity contribution in [3.8, 4) is 10.6 Å². The lowest BCUT2D eigenvalue weighted by atomic mass is 10.2. The first-order valence-corrected chi connectivity index (χ1v) is 8.06. The fraction of sp³-hybridized carbons (Fsp3) is 0.375. The lowest BCUT2D eigenvalue weighted by molar-refractivity contribution is -0.120. The molecule has 0 bridgehead atoms. The van der Waals surface area contributed by atoms with Crippen molar-refractivity contribution in [1.29, 1.82) is 0 Å². The average molecular weight is 303 g/mol. The Labute approximate surface area is 129 Å². The van der Waals surface area contributed by atoms with Crippen LogP contribution in [0.2, 0.25) is 0 Å². The van der Waals surface area contributed by atoms with Gasteiger partial charge in [-0.15, -0.1) is 11.3 Å². The van der Waals surface area contributed by atoms with Gasteiger partial charge in [-0.3, -0.25) is 4.79 Å². The molecule has 0 aliphatic carbocycles. The summed E-state index contributed by atoms with van der Waals surface area (Å²) in [4.78, 5) is 16.3. The molecule has 0 fully saturated rings. The third kappa shape index (κ3) is 4.95. The SMILES string of the molecule is CCNCCNC(=O)Cc1csc(-c2ccc(C)cc2)n1. The van der Waals surface area contributed by atoms with Gasteiger partial charge in [0.15, 0.2) is 0 Å². The molecule has 0 radical (unpaired) electrons. The topological polar surface area (TPSA) is 54.0 Å². The van der Waals surface area contributed by atoms with Crippen molar-refractivity contribution >= 4 is 17.2 Å². The Morgan fingerprint density at radius 1 is 1.24 bits per heavy atom. The van der Waals surface area contributed by atoms with E-state index in [2.05, 4.69) is 46.8 Å². The first kappa shape index (κ1) is 15.7. The summed E-state index contributed by atoms with van der Waals surface area (Å²) in [7, 11) is 0. The second-order valence-corrected chi connectivity index (χ2v) is 5.75. The lowest BCUT2D eigenvalue weighted by Crippen LogP contribution is -2.32. The molecule has 1 heterocycles. The Balaban J connectivity index is 1.88. The van der Waals surface area contributed by atoms with E-state index in [4.69, 9.17) is 0 Å². The number of hydrogen-bond donors (Lipinski definition) is 2. The van der Waals surface area contributed by atoms with Crippen molar-refractivity contribution in [1.82, 2.24) is 15.6 Å². The molecule has 0 spiro atoms. The number of carbonyl (C=O) groups excluding carboxylic acids is 1. The number of thiazole rings is 1. The number of rotatable bonds is 7. The van der Waals surface area contributed by atoms with Gasteiger partial charge in [0.25, 0.3) is 0 Å². The number of aryl methyl sites for hydroxylation is 1. The molecule has 2 N–H and O–H groups in total. The van der Waals surface area contributed by atoms with Gasteiger partial charge < -0.3 is 10.6 Å². The standard InChI is InChI=1S/C16H21N3OS/c1-3-17-8-9-18-15(20)10-14-11-21-16(19-14)13-6-4-12(2)5-7-13/h4-7,11,17H,3,8-10H2,1-2H3,(H,18,20). The third-order valence-electron chi connectivity index (χ3n) is 3.07. The van der Waals surface area contributed by atoms with Crippen molar-refractivity contribution in [2.45, 2.75) is 20.3 Å². The minimum atomic E-state index is 0.0219. The van der Waals surface area contributed by atoms with Crippen LogP contribution in [-0.2, 0) is 11.2 Å². The van der Waals surface area contributed by atoms with E-state index in [0.29, 0.717) is 13.0 Å². The van der Waals surface area contributed by atoms with Gasteiger partial charge in [0, 0.05) is 24.0 Å². The van der Waals surface area contributed by atoms with Gasteiger partial charge in [0.2, 0.25) is 5.91 Å². The van der Waals surface area contributed by atoms with Gasteiger partial charge in [0.1, 0.15) is 5.01 Å². The highest BCUT2D eigenvalue weighted by atomic mass is 32.1. The smallest absolute Gasteiger partial charge is 0.226 e. The summed E-state index contributed by atoms with van der Waals surface area (Å²) in [6, 6.07) is 8.27. The molecule has 0 atom stereocenters. The largest absolute Gasteiger partial charge is 0.354 e. The Morgan fingerprint density at radius 3 is 2.71 bits per heavy atom. The number of hydrogen-bond acceptors (Lipinski definition) is 4. The second kappa shape index (κ2) is 7.90. The van der Waals surface area contributed by atoms with E-state index < -0.39 is 0 Å². The van der Waals surface area contributed by atoms with Crippen molar-refractivity contribution in [3.05, 3.63) is 40.9 Å². The quantitative estimate of drug-likeness (QED) is 0.772. The molecule has 1 amide bonds. The Bertz CT molecular complexity index is 577. The summed E-state index contributed by atoms with van der Waals surface area (Å²) >= 11 is 1.58. The van der Waals surface area contributed by atoms with Crippen molar-refractivity contribution in [3.63, 3.8) is 0 Å². The molecule has 21 heavy (non-hydrogen) atoms. The van der Waals surface area contributed by atoms with Crippen LogP contribution in [-0.4, -0.2) is 30.5 Å². The molecule has 4 nitrogen and oxygen atoms in total. The molecule has 0 unspecified atom stereocenters. The summed E-state index contributed by atoms with van der Waals surface area (Å²) in [5.74, 6) is 0.0219. The summed E-state index contributed by atoms with van der Waals surface area (Å²) < 4.78 is 0. The summed E-state index contributed by atoms with van der Waals surface area (Å²) in [6.45, 7) is 6.48. The number of amides is 1. The van der Waals surface area contributed by atoms with Gasteiger partial charge >= 0.3 is 0 Å². The Kier molecular flexibility index (Phi) is 5.90. The van der Waals surface area contributed by atoms with Crippen molar-refractivity contribution in [2.24, 2.45) is 0 Å². The molecule has 0 saturated carbocycles. The molecule has 0 saturated heterocycles. The molecular weight excluding hydrogens is 282 g/mol. The van der Waals surface area contributed by atoms with Gasteiger partial charge in [-0.25, -0.2) is 4.98 Å². The maximum absolute atomic E-state index is 11.8. The molecule has 112 valence electrons. The van der Waals surface area contributed by atoms with E-state index in [1.54, 1.807) is 11.3 Å². The van der Waals surface area contributed by atoms with Gasteiger partial charge in [-0.05, 0) is 13.5 Å². The molecule has 2 rings (SSSR count). The van der Waals surface area contributed by atoms with Crippen LogP contribution in [0.25, 0.3) is 10.6 Å². The van der Waals surface area contributed by atoms with Crippen LogP contribution in [0.4, 0.5) is 0 Å². The van der Waals surface area contributed by atoms with Gasteiger partial charge in [-0.1, -0.05) is 36.8 Å². The van der Waals surface area contributed by atoms with Crippen LogP contribution >= 0.6 is 11.3 Å². The number of nitrogens with one attached hydrogen (secondary N) is 2. The predicted octanol–water partition coefficient (Wildman–Crippen LogP) is 2.39. The molecule has 0 aliphatic heterocycles. The zero-order valence-corrected chi connectivity index (χ0v) is 13.3. The maximum atomic E-state index is 11.8. The van der Waals surface area contributed by atoms with Crippen LogP contribution in [0.3, 0.4) is 0 Å². The molecule has 1 aromatic heterocycles. The lowest BCUT2D eigenvalue weighted by Gasteiger charge is -2.04. The fourth-order valence-electron chi connectivity index (χ4n) is 1.91. The van der Waals surface area contributed by atoms with Gasteiger partial charge in [0.05, 0.1) is 12.1 Å². The highest BCUT2D eigenvalue weighted by Crippen LogP contribution is 2.24. The van der Waals surface area contributed by atoms with E-state index in [-0.39, 0.29) is 5.91 Å². The fourth-order valence-corrected chi connectivity index (χ4v) is 2.74. The number of benzene rings is 1. The minimum Gasteiger partial charge on any atom is -0.354 e. The molecule has 2 aromatic rings. The number of likely N-dealkylation sites (N-methyl/N-ethyl adjacent to an activating group) is 1. The van der Waals surface area contributed by atoms with Crippen LogP contribution in [0.5, 0.6) is 0 Å². The Morgan fingerprint density at radius 2 is 2.00 bits per heavy atom. The Hall–Kier alpha value is -1.72. The first-order valence-electron chi connectivity index (χ1n) is 7.18. The monoisotopic (exact) mass is 303 g/mol. The highest BCUT2D eigenvalue weighted by molar-refractivity contribution is 7.13. The predicted molar refractivity (Wildman–Crippen MR) is 87.5 cm³/mol. The summed E-state index contributed by atoms with van der Waals surface area (Å²) in [5.41, 5.74) is 3.16. The molecule has 1 aromatic carbocycles. The number of carbonyl (C=O) groups is 1. The molecule has 0 aliphatic rings. The number of aromatic nitrogens is 1. The van der Waals surface area contributed by atoms with Crippen molar-refractivity contribution < 1.29 is 4.79 Å². The number of nitrogens with zero attached hydrogens (tertiary/aromatic N) is 1. The van der Waals surface area contributed by atoms with Crippen LogP contribution in [0.15, 0.2) is 29.6 Å². The van der Waals surface area contributed by atoms with E-state index in [1.165, 1.54) is 5.56 Å². The van der Waals surface area contributed by atoms with E-state index >= 15 is 0 Å². The maximum Gasteiger partial charge on any atom is 0.226 e. The molecule has 5 heteroatoms. The first-order chi connectivity index (χ1) is 10.2. The van der Waals surface area contributed by atoms with Gasteiger partial charge in [-0.2, -0.15) is 0 Å². The van der Waals surface area contributed by atoms with Crippen LogP contribution in [0, 0.1) is 6.92 Å².